The first-order chi connectivity index (χ1) is 11.2. The van der Waals surface area contributed by atoms with Gasteiger partial charge < -0.3 is 15.8 Å². The Kier molecular flexibility index (Phi) is 6.59. The van der Waals surface area contributed by atoms with Gasteiger partial charge in [-0.3, -0.25) is 9.59 Å². The van der Waals surface area contributed by atoms with Crippen LogP contribution in [0, 0.1) is 5.92 Å². The summed E-state index contributed by atoms with van der Waals surface area (Å²) < 4.78 is 5.07. The summed E-state index contributed by atoms with van der Waals surface area (Å²) in [5, 5.41) is 3.09. The van der Waals surface area contributed by atoms with Gasteiger partial charge in [0.25, 0.3) is 0 Å². The van der Waals surface area contributed by atoms with Crippen molar-refractivity contribution in [3.63, 3.8) is 0 Å². The Morgan fingerprint density at radius 3 is 2.43 bits per heavy atom. The summed E-state index contributed by atoms with van der Waals surface area (Å²) >= 11 is 0. The monoisotopic (exact) mass is 318 g/mol. The second kappa shape index (κ2) is 8.67. The lowest BCUT2D eigenvalue weighted by molar-refractivity contribution is -0.149. The quantitative estimate of drug-likeness (QED) is 0.786. The highest BCUT2D eigenvalue weighted by atomic mass is 16.5. The fraction of sp³-hybridized carbons (Fsp3) is 0.556. The van der Waals surface area contributed by atoms with Gasteiger partial charge in [0, 0.05) is 12.6 Å². The van der Waals surface area contributed by atoms with Crippen molar-refractivity contribution in [1.82, 2.24) is 5.32 Å². The van der Waals surface area contributed by atoms with E-state index in [1.165, 1.54) is 0 Å². The van der Waals surface area contributed by atoms with Crippen LogP contribution in [0.15, 0.2) is 30.3 Å². The van der Waals surface area contributed by atoms with Crippen LogP contribution in [0.2, 0.25) is 0 Å². The van der Waals surface area contributed by atoms with E-state index in [0.717, 1.165) is 31.2 Å². The largest absolute Gasteiger partial charge is 0.466 e. The predicted molar refractivity (Wildman–Crippen MR) is 88.8 cm³/mol. The number of carbonyl (C=O) groups excluding carboxylic acids is 2. The molecule has 1 amide bonds. The highest BCUT2D eigenvalue weighted by Gasteiger charge is 2.29. The van der Waals surface area contributed by atoms with E-state index in [1.54, 1.807) is 0 Å². The number of amides is 1. The van der Waals surface area contributed by atoms with Gasteiger partial charge in [0.2, 0.25) is 5.91 Å². The van der Waals surface area contributed by atoms with Gasteiger partial charge in [-0.2, -0.15) is 0 Å². The van der Waals surface area contributed by atoms with Crippen molar-refractivity contribution in [3.8, 4) is 0 Å². The Hall–Kier alpha value is -1.88. The standard InChI is InChI=1S/C18H26N2O3/c1-2-23-18(22)14-8-10-15(11-9-14)20-17(21)16(12-19)13-6-4-3-5-7-13/h3-7,14-16H,2,8-12,19H2,1H3,(H,20,21). The Labute approximate surface area is 137 Å². The van der Waals surface area contributed by atoms with Crippen LogP contribution in [-0.2, 0) is 14.3 Å². The predicted octanol–water partition coefficient (Wildman–Crippen LogP) is 1.97. The summed E-state index contributed by atoms with van der Waals surface area (Å²) in [5.41, 5.74) is 6.72. The lowest BCUT2D eigenvalue weighted by Crippen LogP contribution is -2.42. The number of rotatable bonds is 6. The number of hydrogen-bond donors (Lipinski definition) is 2. The molecule has 0 spiro atoms. The van der Waals surface area contributed by atoms with Gasteiger partial charge in [0.1, 0.15) is 0 Å². The number of ether oxygens (including phenoxy) is 1. The van der Waals surface area contributed by atoms with Gasteiger partial charge in [0.15, 0.2) is 0 Å². The second-order valence-electron chi connectivity index (χ2n) is 6.01. The van der Waals surface area contributed by atoms with E-state index in [-0.39, 0.29) is 36.3 Å². The minimum atomic E-state index is -0.320. The van der Waals surface area contributed by atoms with Gasteiger partial charge in [0.05, 0.1) is 18.4 Å². The molecule has 0 aliphatic heterocycles. The van der Waals surface area contributed by atoms with E-state index < -0.39 is 0 Å². The van der Waals surface area contributed by atoms with Gasteiger partial charge in [-0.05, 0) is 38.2 Å². The molecule has 5 heteroatoms. The molecule has 1 aromatic carbocycles. The molecule has 1 aliphatic rings. The normalized spacial score (nSPS) is 22.2. The highest BCUT2D eigenvalue weighted by Crippen LogP contribution is 2.26. The molecule has 0 aromatic heterocycles. The van der Waals surface area contributed by atoms with Crippen molar-refractivity contribution in [2.24, 2.45) is 11.7 Å². The number of hydrogen-bond acceptors (Lipinski definition) is 4. The number of carbonyl (C=O) groups is 2. The van der Waals surface area contributed by atoms with Crippen molar-refractivity contribution in [2.45, 2.75) is 44.6 Å². The maximum atomic E-state index is 12.5. The molecule has 0 heterocycles. The van der Waals surface area contributed by atoms with Crippen molar-refractivity contribution >= 4 is 11.9 Å². The van der Waals surface area contributed by atoms with Crippen molar-refractivity contribution < 1.29 is 14.3 Å². The molecule has 1 fully saturated rings. The summed E-state index contributed by atoms with van der Waals surface area (Å²) in [6.07, 6.45) is 3.15. The molecule has 1 unspecified atom stereocenters. The van der Waals surface area contributed by atoms with Crippen LogP contribution in [0.1, 0.15) is 44.1 Å². The molecule has 0 saturated heterocycles. The molecule has 23 heavy (non-hydrogen) atoms. The first-order valence-electron chi connectivity index (χ1n) is 8.37. The summed E-state index contributed by atoms with van der Waals surface area (Å²) in [4.78, 5) is 24.2. The Morgan fingerprint density at radius 2 is 1.87 bits per heavy atom. The van der Waals surface area contributed by atoms with Crippen molar-refractivity contribution in [1.29, 1.82) is 0 Å². The zero-order valence-corrected chi connectivity index (χ0v) is 13.7. The average molecular weight is 318 g/mol. The van der Waals surface area contributed by atoms with Crippen LogP contribution in [0.25, 0.3) is 0 Å². The summed E-state index contributed by atoms with van der Waals surface area (Å²) in [5.74, 6) is -0.485. The molecule has 1 saturated carbocycles. The third-order valence-corrected chi connectivity index (χ3v) is 4.45. The lowest BCUT2D eigenvalue weighted by Gasteiger charge is -2.29. The molecule has 0 bridgehead atoms. The number of esters is 1. The van der Waals surface area contributed by atoms with Crippen LogP contribution < -0.4 is 11.1 Å². The maximum Gasteiger partial charge on any atom is 0.308 e. The number of benzene rings is 1. The minimum Gasteiger partial charge on any atom is -0.466 e. The van der Waals surface area contributed by atoms with E-state index in [9.17, 15) is 9.59 Å². The maximum absolute atomic E-state index is 12.5. The van der Waals surface area contributed by atoms with Gasteiger partial charge in [-0.25, -0.2) is 0 Å². The van der Waals surface area contributed by atoms with Gasteiger partial charge in [-0.15, -0.1) is 0 Å². The summed E-state index contributed by atoms with van der Waals surface area (Å²) in [7, 11) is 0. The van der Waals surface area contributed by atoms with Gasteiger partial charge >= 0.3 is 5.97 Å². The molecule has 2 rings (SSSR count). The van der Waals surface area contributed by atoms with Crippen LogP contribution >= 0.6 is 0 Å². The lowest BCUT2D eigenvalue weighted by atomic mass is 9.85. The average Bonchev–Trinajstić information content (AvgIpc) is 2.57. The van der Waals surface area contributed by atoms with E-state index >= 15 is 0 Å². The van der Waals surface area contributed by atoms with E-state index in [0.29, 0.717) is 6.61 Å². The SMILES string of the molecule is CCOC(=O)C1CCC(NC(=O)C(CN)c2ccccc2)CC1. The minimum absolute atomic E-state index is 0.0254. The van der Waals surface area contributed by atoms with E-state index in [1.807, 2.05) is 37.3 Å². The van der Waals surface area contributed by atoms with E-state index in [4.69, 9.17) is 10.5 Å². The molecular formula is C18H26N2O3. The molecule has 1 aromatic rings. The molecule has 3 N–H and O–H groups in total. The smallest absolute Gasteiger partial charge is 0.308 e. The third-order valence-electron chi connectivity index (χ3n) is 4.45. The Morgan fingerprint density at radius 1 is 1.22 bits per heavy atom. The number of nitrogens with two attached hydrogens (primary N) is 1. The first-order valence-corrected chi connectivity index (χ1v) is 8.37. The number of nitrogens with one attached hydrogen (secondary N) is 1. The molecule has 126 valence electrons. The van der Waals surface area contributed by atoms with E-state index in [2.05, 4.69) is 5.32 Å². The second-order valence-corrected chi connectivity index (χ2v) is 6.01. The zero-order chi connectivity index (χ0) is 16.7. The third kappa shape index (κ3) is 4.79. The fourth-order valence-electron chi connectivity index (χ4n) is 3.12. The molecule has 1 atom stereocenters. The molecular weight excluding hydrogens is 292 g/mol. The summed E-state index contributed by atoms with van der Waals surface area (Å²) in [6.45, 7) is 2.53. The molecule has 5 nitrogen and oxygen atoms in total. The van der Waals surface area contributed by atoms with Crippen molar-refractivity contribution in [3.05, 3.63) is 35.9 Å². The van der Waals surface area contributed by atoms with Crippen LogP contribution in [0.5, 0.6) is 0 Å². The summed E-state index contributed by atoms with van der Waals surface area (Å²) in [6, 6.07) is 9.71. The first kappa shape index (κ1) is 17.5. The van der Waals surface area contributed by atoms with Crippen molar-refractivity contribution in [2.75, 3.05) is 13.2 Å². The van der Waals surface area contributed by atoms with Crippen LogP contribution in [0.3, 0.4) is 0 Å². The fourth-order valence-corrected chi connectivity index (χ4v) is 3.12. The Bertz CT molecular complexity index is 510. The molecule has 0 radical (unpaired) electrons. The van der Waals surface area contributed by atoms with Crippen LogP contribution in [-0.4, -0.2) is 31.1 Å². The van der Waals surface area contributed by atoms with Gasteiger partial charge in [-0.1, -0.05) is 30.3 Å². The highest BCUT2D eigenvalue weighted by molar-refractivity contribution is 5.84. The zero-order valence-electron chi connectivity index (χ0n) is 13.7. The van der Waals surface area contributed by atoms with Crippen LogP contribution in [0.4, 0.5) is 0 Å². The Balaban J connectivity index is 1.85. The topological polar surface area (TPSA) is 81.4 Å². The molecule has 1 aliphatic carbocycles.